The third-order valence-electron chi connectivity index (χ3n) is 2.87. The van der Waals surface area contributed by atoms with Gasteiger partial charge in [0.2, 0.25) is 0 Å². The maximum absolute atomic E-state index is 11.0. The van der Waals surface area contributed by atoms with Gasteiger partial charge in [-0.1, -0.05) is 0 Å². The van der Waals surface area contributed by atoms with Gasteiger partial charge in [0.25, 0.3) is 0 Å². The van der Waals surface area contributed by atoms with E-state index in [1.54, 1.807) is 39.2 Å². The lowest BCUT2D eigenvalue weighted by molar-refractivity contribution is -0.138. The van der Waals surface area contributed by atoms with Gasteiger partial charge in [0.05, 0.1) is 12.2 Å². The van der Waals surface area contributed by atoms with Gasteiger partial charge in [-0.3, -0.25) is 4.79 Å². The molecule has 0 aliphatic rings. The number of aromatic nitrogens is 2. The first-order valence-corrected chi connectivity index (χ1v) is 5.62. The van der Waals surface area contributed by atoms with Gasteiger partial charge in [0.1, 0.15) is 0 Å². The second-order valence-corrected chi connectivity index (χ2v) is 4.17. The van der Waals surface area contributed by atoms with Crippen LogP contribution in [0.2, 0.25) is 0 Å². The highest BCUT2D eigenvalue weighted by molar-refractivity contribution is 5.76. The zero-order valence-electron chi connectivity index (χ0n) is 10.5. The topological polar surface area (TPSA) is 76.2 Å². The van der Waals surface area contributed by atoms with E-state index in [0.717, 1.165) is 0 Å². The molecular formula is C13H14N2O3. The lowest BCUT2D eigenvalue weighted by Gasteiger charge is -2.13. The number of rotatable bonds is 3. The van der Waals surface area contributed by atoms with Crippen LogP contribution in [0.1, 0.15) is 29.8 Å². The van der Waals surface area contributed by atoms with Gasteiger partial charge in [-0.15, -0.1) is 0 Å². The number of carboxylic acids is 1. The second-order valence-electron chi connectivity index (χ2n) is 4.17. The fraction of sp³-hybridized carbons (Fsp3) is 0.308. The molecule has 0 fully saturated rings. The van der Waals surface area contributed by atoms with Crippen LogP contribution in [0.15, 0.2) is 22.8 Å². The summed E-state index contributed by atoms with van der Waals surface area (Å²) in [4.78, 5) is 19.7. The molecular weight excluding hydrogens is 232 g/mol. The van der Waals surface area contributed by atoms with Gasteiger partial charge in [0, 0.05) is 17.0 Å². The van der Waals surface area contributed by atoms with Gasteiger partial charge in [0.15, 0.2) is 11.6 Å². The summed E-state index contributed by atoms with van der Waals surface area (Å²) in [6.07, 6.45) is 1.55. The molecule has 2 aromatic heterocycles. The molecule has 0 amide bonds. The van der Waals surface area contributed by atoms with E-state index in [4.69, 9.17) is 9.52 Å². The average Bonchev–Trinajstić information content (AvgIpc) is 2.80. The van der Waals surface area contributed by atoms with Crippen molar-refractivity contribution >= 4 is 5.97 Å². The summed E-state index contributed by atoms with van der Waals surface area (Å²) in [5, 5.41) is 9.06. The zero-order valence-corrected chi connectivity index (χ0v) is 10.5. The number of nitrogens with zero attached hydrogens (tertiary/aromatic N) is 2. The number of hydrogen-bond donors (Lipinski definition) is 1. The molecule has 0 bridgehead atoms. The van der Waals surface area contributed by atoms with Crippen LogP contribution >= 0.6 is 0 Å². The molecule has 2 aromatic rings. The van der Waals surface area contributed by atoms with E-state index in [1.807, 2.05) is 0 Å². The van der Waals surface area contributed by atoms with E-state index in [-0.39, 0.29) is 0 Å². The van der Waals surface area contributed by atoms with Crippen LogP contribution in [0.4, 0.5) is 0 Å². The molecule has 0 aromatic carbocycles. The second kappa shape index (κ2) is 4.60. The molecule has 2 heterocycles. The smallest absolute Gasteiger partial charge is 0.310 e. The van der Waals surface area contributed by atoms with Crippen molar-refractivity contribution in [2.75, 3.05) is 0 Å². The zero-order chi connectivity index (χ0) is 13.3. The molecule has 1 atom stereocenters. The number of furan rings is 1. The maximum Gasteiger partial charge on any atom is 0.310 e. The summed E-state index contributed by atoms with van der Waals surface area (Å²) in [6.45, 7) is 5.21. The van der Waals surface area contributed by atoms with Crippen molar-refractivity contribution in [3.05, 3.63) is 35.3 Å². The minimum absolute atomic E-state index is 0.483. The Morgan fingerprint density at radius 2 is 1.94 bits per heavy atom. The number of hydrogen-bond acceptors (Lipinski definition) is 4. The summed E-state index contributed by atoms with van der Waals surface area (Å²) in [5.74, 6) is -0.432. The quantitative estimate of drug-likeness (QED) is 0.900. The highest BCUT2D eigenvalue weighted by Gasteiger charge is 2.21. The van der Waals surface area contributed by atoms with Gasteiger partial charge >= 0.3 is 5.97 Å². The minimum Gasteiger partial charge on any atom is -0.481 e. The molecule has 0 spiro atoms. The van der Waals surface area contributed by atoms with Crippen molar-refractivity contribution in [3.63, 3.8) is 0 Å². The summed E-state index contributed by atoms with van der Waals surface area (Å²) >= 11 is 0. The lowest BCUT2D eigenvalue weighted by Crippen LogP contribution is -2.13. The summed E-state index contributed by atoms with van der Waals surface area (Å²) in [6, 6.07) is 3.53. The van der Waals surface area contributed by atoms with Crippen LogP contribution in [0.3, 0.4) is 0 Å². The van der Waals surface area contributed by atoms with Crippen molar-refractivity contribution in [1.82, 2.24) is 9.97 Å². The predicted octanol–water partition coefficient (Wildman–Crippen LogP) is 2.54. The summed E-state index contributed by atoms with van der Waals surface area (Å²) < 4.78 is 5.24. The molecule has 18 heavy (non-hydrogen) atoms. The van der Waals surface area contributed by atoms with Gasteiger partial charge in [-0.2, -0.15) is 0 Å². The Balaban J connectivity index is 2.51. The summed E-state index contributed by atoms with van der Waals surface area (Å²) in [5.41, 5.74) is 2.01. The minimum atomic E-state index is -0.879. The number of aliphatic carboxylic acids is 1. The van der Waals surface area contributed by atoms with E-state index >= 15 is 0 Å². The maximum atomic E-state index is 11.0. The van der Waals surface area contributed by atoms with E-state index in [1.165, 1.54) is 0 Å². The Hall–Kier alpha value is -2.17. The molecule has 94 valence electrons. The molecule has 5 heteroatoms. The Kier molecular flexibility index (Phi) is 3.14. The van der Waals surface area contributed by atoms with E-state index < -0.39 is 11.9 Å². The van der Waals surface area contributed by atoms with Gasteiger partial charge in [-0.25, -0.2) is 9.97 Å². The number of carboxylic acid groups (broad SMARTS) is 1. The fourth-order valence-electron chi connectivity index (χ4n) is 1.99. The molecule has 2 rings (SSSR count). The first-order chi connectivity index (χ1) is 8.50. The number of carbonyl (C=O) groups is 1. The van der Waals surface area contributed by atoms with Gasteiger partial charge in [-0.05, 0) is 32.9 Å². The largest absolute Gasteiger partial charge is 0.481 e. The monoisotopic (exact) mass is 246 g/mol. The standard InChI is InChI=1S/C13H14N2O3/c1-7(13(16)17)11-8(2)14-12(15-9(11)3)10-5-4-6-18-10/h4-7H,1-3H3,(H,16,17). The SMILES string of the molecule is Cc1nc(-c2ccco2)nc(C)c1C(C)C(=O)O. The fourth-order valence-corrected chi connectivity index (χ4v) is 1.99. The normalized spacial score (nSPS) is 12.4. The van der Waals surface area contributed by atoms with Gasteiger partial charge < -0.3 is 9.52 Å². The highest BCUT2D eigenvalue weighted by atomic mass is 16.4. The van der Waals surface area contributed by atoms with E-state index in [0.29, 0.717) is 28.5 Å². The molecule has 0 radical (unpaired) electrons. The third kappa shape index (κ3) is 2.11. The Labute approximate surface area is 105 Å². The molecule has 5 nitrogen and oxygen atoms in total. The summed E-state index contributed by atoms with van der Waals surface area (Å²) in [7, 11) is 0. The Morgan fingerprint density at radius 1 is 1.33 bits per heavy atom. The van der Waals surface area contributed by atoms with Crippen LogP contribution in [0, 0.1) is 13.8 Å². The molecule has 0 saturated carbocycles. The first-order valence-electron chi connectivity index (χ1n) is 5.62. The van der Waals surface area contributed by atoms with E-state index in [2.05, 4.69) is 9.97 Å². The molecule has 0 saturated heterocycles. The van der Waals surface area contributed by atoms with Crippen LogP contribution in [-0.4, -0.2) is 21.0 Å². The Bertz CT molecular complexity index is 553. The molecule has 0 aliphatic carbocycles. The highest BCUT2D eigenvalue weighted by Crippen LogP contribution is 2.24. The average molecular weight is 246 g/mol. The first kappa shape index (κ1) is 12.3. The van der Waals surface area contributed by atoms with Crippen molar-refractivity contribution in [3.8, 4) is 11.6 Å². The lowest BCUT2D eigenvalue weighted by atomic mass is 9.98. The van der Waals surface area contributed by atoms with Crippen molar-refractivity contribution in [1.29, 1.82) is 0 Å². The van der Waals surface area contributed by atoms with Crippen molar-refractivity contribution < 1.29 is 14.3 Å². The Morgan fingerprint density at radius 3 is 2.39 bits per heavy atom. The van der Waals surface area contributed by atoms with Crippen molar-refractivity contribution in [2.24, 2.45) is 0 Å². The van der Waals surface area contributed by atoms with Crippen LogP contribution < -0.4 is 0 Å². The van der Waals surface area contributed by atoms with Crippen LogP contribution in [0.25, 0.3) is 11.6 Å². The number of aryl methyl sites for hydroxylation is 2. The predicted molar refractivity (Wildman–Crippen MR) is 65.3 cm³/mol. The molecule has 1 N–H and O–H groups in total. The van der Waals surface area contributed by atoms with E-state index in [9.17, 15) is 4.79 Å². The van der Waals surface area contributed by atoms with Crippen molar-refractivity contribution in [2.45, 2.75) is 26.7 Å². The third-order valence-corrected chi connectivity index (χ3v) is 2.87. The molecule has 0 aliphatic heterocycles. The van der Waals surface area contributed by atoms with Crippen LogP contribution in [-0.2, 0) is 4.79 Å². The molecule has 1 unspecified atom stereocenters. The van der Waals surface area contributed by atoms with Crippen LogP contribution in [0.5, 0.6) is 0 Å².